The highest BCUT2D eigenvalue weighted by molar-refractivity contribution is 6.31. The molecule has 132 valence electrons. The van der Waals surface area contributed by atoms with Crippen molar-refractivity contribution in [3.63, 3.8) is 0 Å². The van der Waals surface area contributed by atoms with Gasteiger partial charge >= 0.3 is 12.1 Å². The van der Waals surface area contributed by atoms with E-state index in [1.807, 2.05) is 0 Å². The second-order valence-electron chi connectivity index (χ2n) is 5.25. The van der Waals surface area contributed by atoms with Gasteiger partial charge in [-0.3, -0.25) is 9.59 Å². The number of ether oxygens (including phenoxy) is 1. The summed E-state index contributed by atoms with van der Waals surface area (Å²) in [5, 5.41) is 0.300. The van der Waals surface area contributed by atoms with Crippen LogP contribution in [0.2, 0.25) is 5.02 Å². The van der Waals surface area contributed by atoms with Gasteiger partial charge in [-0.05, 0) is 47.9 Å². The average molecular weight is 371 g/mol. The Hall–Kier alpha value is -2.34. The quantitative estimate of drug-likeness (QED) is 0.553. The summed E-state index contributed by atoms with van der Waals surface area (Å²) in [4.78, 5) is 22.8. The van der Waals surface area contributed by atoms with Crippen LogP contribution in [0.4, 0.5) is 13.2 Å². The predicted molar refractivity (Wildman–Crippen MR) is 87.6 cm³/mol. The fourth-order valence-electron chi connectivity index (χ4n) is 2.39. The second-order valence-corrected chi connectivity index (χ2v) is 5.68. The van der Waals surface area contributed by atoms with E-state index >= 15 is 0 Å². The van der Waals surface area contributed by atoms with Crippen LogP contribution in [-0.4, -0.2) is 18.9 Å². The lowest BCUT2D eigenvalue weighted by molar-refractivity contribution is -0.142. The molecule has 0 spiro atoms. The first-order valence-electron chi connectivity index (χ1n) is 7.36. The van der Waals surface area contributed by atoms with Crippen molar-refractivity contribution in [2.45, 2.75) is 19.5 Å². The molecule has 0 aliphatic rings. The fourth-order valence-corrected chi connectivity index (χ4v) is 2.64. The number of halogens is 4. The zero-order valence-electron chi connectivity index (χ0n) is 13.2. The Morgan fingerprint density at radius 1 is 1.20 bits per heavy atom. The van der Waals surface area contributed by atoms with Crippen molar-refractivity contribution in [1.82, 2.24) is 0 Å². The van der Waals surface area contributed by atoms with Gasteiger partial charge in [0.2, 0.25) is 0 Å². The van der Waals surface area contributed by atoms with Gasteiger partial charge in [0.1, 0.15) is 0 Å². The summed E-state index contributed by atoms with van der Waals surface area (Å²) >= 11 is 6.04. The van der Waals surface area contributed by atoms with E-state index in [-0.39, 0.29) is 18.6 Å². The van der Waals surface area contributed by atoms with Crippen LogP contribution in [-0.2, 0) is 22.1 Å². The molecule has 2 aromatic rings. The van der Waals surface area contributed by atoms with Crippen LogP contribution in [0, 0.1) is 0 Å². The summed E-state index contributed by atoms with van der Waals surface area (Å²) in [6.07, 6.45) is -4.21. The lowest BCUT2D eigenvalue weighted by Gasteiger charge is -2.12. The number of esters is 1. The summed E-state index contributed by atoms with van der Waals surface area (Å²) in [5.41, 5.74) is 0.266. The molecule has 0 atom stereocenters. The molecule has 0 aromatic heterocycles. The minimum absolute atomic E-state index is 0.0293. The SMILES string of the molecule is CCOC(=O)Cc1cc(Cl)cc(-c2ccc(C(F)(F)F)cc2C=O)c1. The molecular weight excluding hydrogens is 357 g/mol. The number of alkyl halides is 3. The van der Waals surface area contributed by atoms with Crippen LogP contribution in [0.3, 0.4) is 0 Å². The van der Waals surface area contributed by atoms with Crippen LogP contribution >= 0.6 is 11.6 Å². The molecule has 25 heavy (non-hydrogen) atoms. The Kier molecular flexibility index (Phi) is 5.85. The smallest absolute Gasteiger partial charge is 0.416 e. The molecule has 0 aliphatic heterocycles. The third-order valence-electron chi connectivity index (χ3n) is 3.43. The highest BCUT2D eigenvalue weighted by Crippen LogP contribution is 2.34. The number of hydrogen-bond donors (Lipinski definition) is 0. The van der Waals surface area contributed by atoms with Crippen molar-refractivity contribution in [2.24, 2.45) is 0 Å². The topological polar surface area (TPSA) is 43.4 Å². The number of rotatable bonds is 5. The molecule has 0 saturated heterocycles. The van der Waals surface area contributed by atoms with Crippen molar-refractivity contribution in [2.75, 3.05) is 6.61 Å². The van der Waals surface area contributed by atoms with Gasteiger partial charge in [0.05, 0.1) is 18.6 Å². The molecule has 7 heteroatoms. The van der Waals surface area contributed by atoms with Crippen LogP contribution in [0.15, 0.2) is 36.4 Å². The van der Waals surface area contributed by atoms with Gasteiger partial charge in [-0.1, -0.05) is 23.7 Å². The number of carbonyl (C=O) groups excluding carboxylic acids is 2. The molecule has 0 bridgehead atoms. The van der Waals surface area contributed by atoms with E-state index in [1.54, 1.807) is 19.1 Å². The van der Waals surface area contributed by atoms with E-state index in [0.29, 0.717) is 28.0 Å². The third kappa shape index (κ3) is 4.82. The molecule has 0 N–H and O–H groups in total. The first kappa shape index (κ1) is 19.0. The fraction of sp³-hybridized carbons (Fsp3) is 0.222. The van der Waals surface area contributed by atoms with Crippen molar-refractivity contribution >= 4 is 23.9 Å². The first-order chi connectivity index (χ1) is 11.7. The molecular formula is C18H14ClF3O3. The number of carbonyl (C=O) groups is 2. The van der Waals surface area contributed by atoms with E-state index in [0.717, 1.165) is 12.1 Å². The van der Waals surface area contributed by atoms with Gasteiger partial charge in [0, 0.05) is 10.6 Å². The highest BCUT2D eigenvalue weighted by Gasteiger charge is 2.31. The summed E-state index contributed by atoms with van der Waals surface area (Å²) in [5.74, 6) is -0.446. The Morgan fingerprint density at radius 3 is 2.52 bits per heavy atom. The summed E-state index contributed by atoms with van der Waals surface area (Å²) in [6, 6.07) is 7.58. The number of benzene rings is 2. The molecule has 0 heterocycles. The first-order valence-corrected chi connectivity index (χ1v) is 7.74. The lowest BCUT2D eigenvalue weighted by atomic mass is 9.96. The van der Waals surface area contributed by atoms with Crippen LogP contribution in [0.5, 0.6) is 0 Å². The lowest BCUT2D eigenvalue weighted by Crippen LogP contribution is -2.08. The molecule has 0 aliphatic carbocycles. The maximum Gasteiger partial charge on any atom is 0.416 e. The molecule has 0 radical (unpaired) electrons. The monoisotopic (exact) mass is 370 g/mol. The van der Waals surface area contributed by atoms with Crippen molar-refractivity contribution in [3.05, 3.63) is 58.1 Å². The van der Waals surface area contributed by atoms with Gasteiger partial charge in [-0.25, -0.2) is 0 Å². The highest BCUT2D eigenvalue weighted by atomic mass is 35.5. The minimum Gasteiger partial charge on any atom is -0.466 e. The zero-order chi connectivity index (χ0) is 18.6. The van der Waals surface area contributed by atoms with E-state index in [4.69, 9.17) is 16.3 Å². The third-order valence-corrected chi connectivity index (χ3v) is 3.65. The Balaban J connectivity index is 2.46. The van der Waals surface area contributed by atoms with Crippen molar-refractivity contribution in [3.8, 4) is 11.1 Å². The summed E-state index contributed by atoms with van der Waals surface area (Å²) < 4.78 is 43.2. The van der Waals surface area contributed by atoms with Gasteiger partial charge < -0.3 is 4.74 Å². The average Bonchev–Trinajstić information content (AvgIpc) is 2.53. The van der Waals surface area contributed by atoms with Crippen LogP contribution < -0.4 is 0 Å². The largest absolute Gasteiger partial charge is 0.466 e. The van der Waals surface area contributed by atoms with E-state index < -0.39 is 17.7 Å². The summed E-state index contributed by atoms with van der Waals surface area (Å²) in [6.45, 7) is 1.92. The van der Waals surface area contributed by atoms with Crippen LogP contribution in [0.1, 0.15) is 28.4 Å². The molecule has 0 saturated carbocycles. The minimum atomic E-state index is -4.54. The number of aldehydes is 1. The summed E-state index contributed by atoms with van der Waals surface area (Å²) in [7, 11) is 0. The molecule has 2 rings (SSSR count). The maximum atomic E-state index is 12.8. The normalized spacial score (nSPS) is 11.2. The Labute approximate surface area is 147 Å². The van der Waals surface area contributed by atoms with Gasteiger partial charge in [0.25, 0.3) is 0 Å². The zero-order valence-corrected chi connectivity index (χ0v) is 13.9. The van der Waals surface area contributed by atoms with Gasteiger partial charge in [0.15, 0.2) is 6.29 Å². The van der Waals surface area contributed by atoms with E-state index in [1.165, 1.54) is 12.1 Å². The molecule has 0 fully saturated rings. The van der Waals surface area contributed by atoms with E-state index in [9.17, 15) is 22.8 Å². The second kappa shape index (κ2) is 7.70. The van der Waals surface area contributed by atoms with Crippen LogP contribution in [0.25, 0.3) is 11.1 Å². The van der Waals surface area contributed by atoms with E-state index in [2.05, 4.69) is 0 Å². The Morgan fingerprint density at radius 2 is 1.92 bits per heavy atom. The molecule has 3 nitrogen and oxygen atoms in total. The van der Waals surface area contributed by atoms with Gasteiger partial charge in [-0.15, -0.1) is 0 Å². The Bertz CT molecular complexity index is 801. The molecule has 0 amide bonds. The van der Waals surface area contributed by atoms with Crippen molar-refractivity contribution < 1.29 is 27.5 Å². The van der Waals surface area contributed by atoms with Crippen molar-refractivity contribution in [1.29, 1.82) is 0 Å². The maximum absolute atomic E-state index is 12.8. The van der Waals surface area contributed by atoms with Gasteiger partial charge in [-0.2, -0.15) is 13.2 Å². The predicted octanol–water partition coefficient (Wildman–Crippen LogP) is 4.94. The molecule has 0 unspecified atom stereocenters. The number of hydrogen-bond acceptors (Lipinski definition) is 3. The standard InChI is InChI=1S/C18H14ClF3O3/c1-2-25-17(24)7-11-5-12(9-15(19)6-11)16-4-3-14(18(20,21)22)8-13(16)10-23/h3-6,8-10H,2,7H2,1H3. The molecule has 2 aromatic carbocycles.